The molecular formula is C24H24N2O4S2. The number of esters is 1. The van der Waals surface area contributed by atoms with Gasteiger partial charge in [0.2, 0.25) is 5.76 Å². The number of Topliss-reactive ketones (excluding diaryl/α,β-unsaturated/α-hetero) is 1. The van der Waals surface area contributed by atoms with Crippen molar-refractivity contribution in [2.24, 2.45) is 0 Å². The summed E-state index contributed by atoms with van der Waals surface area (Å²) in [5, 5.41) is 13.1. The van der Waals surface area contributed by atoms with Gasteiger partial charge in [-0.3, -0.25) is 4.79 Å². The molecule has 0 saturated heterocycles. The van der Waals surface area contributed by atoms with Gasteiger partial charge in [0.25, 0.3) is 0 Å². The molecule has 0 amide bonds. The molecule has 1 aliphatic rings. The average Bonchev–Trinajstić information content (AvgIpc) is 3.41. The Labute approximate surface area is 195 Å². The summed E-state index contributed by atoms with van der Waals surface area (Å²) in [5.41, 5.74) is 2.18. The van der Waals surface area contributed by atoms with Crippen LogP contribution in [-0.2, 0) is 15.3 Å². The number of carbonyl (C=O) groups excluding carboxylic acids is 2. The van der Waals surface area contributed by atoms with Gasteiger partial charge in [-0.25, -0.2) is 9.78 Å². The third-order valence-electron chi connectivity index (χ3n) is 5.58. The molecule has 0 aliphatic heterocycles. The summed E-state index contributed by atoms with van der Waals surface area (Å²) in [4.78, 5) is 29.6. The van der Waals surface area contributed by atoms with Crippen LogP contribution in [0.5, 0.6) is 0 Å². The molecule has 1 aliphatic carbocycles. The maximum atomic E-state index is 12.9. The molecule has 4 rings (SSSR count). The molecule has 6 nitrogen and oxygen atoms in total. The number of para-hydroxylation sites is 1. The molecule has 1 saturated carbocycles. The Morgan fingerprint density at radius 3 is 2.81 bits per heavy atom. The van der Waals surface area contributed by atoms with E-state index in [0.29, 0.717) is 21.6 Å². The third-order valence-corrected chi connectivity index (χ3v) is 8.01. The lowest BCUT2D eigenvalue weighted by Gasteiger charge is -2.20. The van der Waals surface area contributed by atoms with E-state index >= 15 is 0 Å². The van der Waals surface area contributed by atoms with Crippen molar-refractivity contribution < 1.29 is 18.7 Å². The third kappa shape index (κ3) is 5.05. The lowest BCUT2D eigenvalue weighted by atomic mass is 10.0. The van der Waals surface area contributed by atoms with Crippen molar-refractivity contribution in [3.8, 4) is 6.07 Å². The predicted molar refractivity (Wildman–Crippen MR) is 125 cm³/mol. The van der Waals surface area contributed by atoms with Gasteiger partial charge in [-0.05, 0) is 25.8 Å². The van der Waals surface area contributed by atoms with E-state index in [4.69, 9.17) is 9.15 Å². The van der Waals surface area contributed by atoms with Crippen LogP contribution in [0.15, 0.2) is 34.1 Å². The monoisotopic (exact) mass is 468 g/mol. The number of furan rings is 1. The zero-order valence-electron chi connectivity index (χ0n) is 17.8. The van der Waals surface area contributed by atoms with Crippen molar-refractivity contribution in [1.82, 2.24) is 4.98 Å². The Morgan fingerprint density at radius 1 is 1.31 bits per heavy atom. The minimum absolute atomic E-state index is 0.140. The molecule has 2 heterocycles. The largest absolute Gasteiger partial charge is 0.452 e. The highest BCUT2D eigenvalue weighted by Crippen LogP contribution is 2.35. The summed E-state index contributed by atoms with van der Waals surface area (Å²) in [6, 6.07) is 9.50. The molecule has 32 heavy (non-hydrogen) atoms. The number of carbonyl (C=O) groups is 2. The quantitative estimate of drug-likeness (QED) is 0.386. The van der Waals surface area contributed by atoms with Crippen molar-refractivity contribution >= 4 is 45.8 Å². The highest BCUT2D eigenvalue weighted by molar-refractivity contribution is 7.99. The lowest BCUT2D eigenvalue weighted by molar-refractivity contribution is -0.122. The van der Waals surface area contributed by atoms with Gasteiger partial charge in [-0.1, -0.05) is 37.5 Å². The van der Waals surface area contributed by atoms with E-state index in [1.807, 2.05) is 42.1 Å². The van der Waals surface area contributed by atoms with Crippen molar-refractivity contribution in [2.75, 3.05) is 6.61 Å². The predicted octanol–water partition coefficient (Wildman–Crippen LogP) is 5.80. The fourth-order valence-corrected chi connectivity index (χ4v) is 6.11. The number of thioether (sulfide) groups is 1. The molecule has 166 valence electrons. The summed E-state index contributed by atoms with van der Waals surface area (Å²) >= 11 is 3.10. The van der Waals surface area contributed by atoms with E-state index in [-0.39, 0.29) is 5.76 Å². The van der Waals surface area contributed by atoms with Crippen LogP contribution in [0.2, 0.25) is 0 Å². The molecule has 8 heteroatoms. The minimum Gasteiger partial charge on any atom is -0.452 e. The van der Waals surface area contributed by atoms with Crippen LogP contribution in [-0.4, -0.2) is 28.6 Å². The Morgan fingerprint density at radius 2 is 2.09 bits per heavy atom. The summed E-state index contributed by atoms with van der Waals surface area (Å²) in [5.74, 6) is -1.43. The normalized spacial score (nSPS) is 15.4. The van der Waals surface area contributed by atoms with Crippen molar-refractivity contribution in [3.05, 3.63) is 51.7 Å². The molecule has 3 aromatic rings. The van der Waals surface area contributed by atoms with Crippen LogP contribution in [0.3, 0.4) is 0 Å². The number of ketones is 1. The fraction of sp³-hybridized carbons (Fsp3) is 0.417. The maximum absolute atomic E-state index is 12.9. The van der Waals surface area contributed by atoms with E-state index in [9.17, 15) is 14.9 Å². The number of nitriles is 1. The second-order valence-electron chi connectivity index (χ2n) is 7.91. The van der Waals surface area contributed by atoms with Crippen molar-refractivity contribution in [3.63, 3.8) is 0 Å². The second-order valence-corrected chi connectivity index (χ2v) is 10.1. The Balaban J connectivity index is 1.47. The second kappa shape index (κ2) is 10.3. The smallest absolute Gasteiger partial charge is 0.375 e. The first kappa shape index (κ1) is 22.6. The SMILES string of the molecule is Cc1csc([C@H](C#N)C(=O)COC(=O)c2oc3ccccc3c2CSC2CCCCC2)n1. The van der Waals surface area contributed by atoms with Gasteiger partial charge in [0.1, 0.15) is 10.6 Å². The van der Waals surface area contributed by atoms with E-state index in [1.54, 1.807) is 12.3 Å². The summed E-state index contributed by atoms with van der Waals surface area (Å²) in [7, 11) is 0. The molecule has 2 aromatic heterocycles. The number of nitrogens with zero attached hydrogens (tertiary/aromatic N) is 2. The molecule has 0 spiro atoms. The van der Waals surface area contributed by atoms with Gasteiger partial charge >= 0.3 is 5.97 Å². The highest BCUT2D eigenvalue weighted by atomic mass is 32.2. The van der Waals surface area contributed by atoms with Crippen LogP contribution in [0.1, 0.15) is 64.8 Å². The molecule has 1 atom stereocenters. The zero-order chi connectivity index (χ0) is 22.5. The Hall–Kier alpha value is -2.63. The topological polar surface area (TPSA) is 93.2 Å². The van der Waals surface area contributed by atoms with E-state index in [2.05, 4.69) is 4.98 Å². The van der Waals surface area contributed by atoms with Gasteiger partial charge in [-0.2, -0.15) is 17.0 Å². The number of thiazole rings is 1. The number of hydrogen-bond acceptors (Lipinski definition) is 8. The summed E-state index contributed by atoms with van der Waals surface area (Å²) in [6.45, 7) is 1.30. The number of aryl methyl sites for hydroxylation is 1. The fourth-order valence-electron chi connectivity index (χ4n) is 3.90. The zero-order valence-corrected chi connectivity index (χ0v) is 19.5. The van der Waals surface area contributed by atoms with Crippen LogP contribution in [0.4, 0.5) is 0 Å². The van der Waals surface area contributed by atoms with Gasteiger partial charge in [0.05, 0.1) is 6.07 Å². The number of fused-ring (bicyclic) bond motifs is 1. The first-order valence-corrected chi connectivity index (χ1v) is 12.6. The van der Waals surface area contributed by atoms with Gasteiger partial charge in [0.15, 0.2) is 18.3 Å². The highest BCUT2D eigenvalue weighted by Gasteiger charge is 2.27. The summed E-state index contributed by atoms with van der Waals surface area (Å²) in [6.07, 6.45) is 6.18. The standard InChI is InChI=1S/C24H24N2O4S2/c1-15-13-32-23(26-15)18(11-25)20(27)12-29-24(28)22-19(14-31-16-7-3-2-4-8-16)17-9-5-6-10-21(17)30-22/h5-6,9-10,13,16,18H,2-4,7-8,12,14H2,1H3/t18-/m1/s1. The van der Waals surface area contributed by atoms with Gasteiger partial charge in [-0.15, -0.1) is 11.3 Å². The van der Waals surface area contributed by atoms with Crippen molar-refractivity contribution in [2.45, 2.75) is 55.9 Å². The maximum Gasteiger partial charge on any atom is 0.375 e. The molecule has 0 N–H and O–H groups in total. The number of rotatable bonds is 8. The number of benzene rings is 1. The molecule has 0 bridgehead atoms. The van der Waals surface area contributed by atoms with Crippen molar-refractivity contribution in [1.29, 1.82) is 5.26 Å². The van der Waals surface area contributed by atoms with E-state index in [0.717, 1.165) is 16.6 Å². The van der Waals surface area contributed by atoms with Crippen LogP contribution in [0.25, 0.3) is 11.0 Å². The first-order valence-electron chi connectivity index (χ1n) is 10.7. The number of ether oxygens (including phenoxy) is 1. The molecule has 0 radical (unpaired) electrons. The number of aromatic nitrogens is 1. The first-order chi connectivity index (χ1) is 15.6. The molecular weight excluding hydrogens is 444 g/mol. The van der Waals surface area contributed by atoms with Crippen LogP contribution >= 0.6 is 23.1 Å². The van der Waals surface area contributed by atoms with Crippen LogP contribution < -0.4 is 0 Å². The molecule has 1 fully saturated rings. The van der Waals surface area contributed by atoms with Gasteiger partial charge in [0, 0.05) is 33.0 Å². The summed E-state index contributed by atoms with van der Waals surface area (Å²) < 4.78 is 11.1. The number of hydrogen-bond donors (Lipinski definition) is 0. The minimum atomic E-state index is -1.04. The Bertz CT molecular complexity index is 1150. The molecule has 0 unspecified atom stereocenters. The van der Waals surface area contributed by atoms with E-state index in [1.165, 1.54) is 43.4 Å². The van der Waals surface area contributed by atoms with Crippen LogP contribution in [0, 0.1) is 18.3 Å². The Kier molecular flexibility index (Phi) is 7.28. The molecule has 1 aromatic carbocycles. The lowest BCUT2D eigenvalue weighted by Crippen LogP contribution is -2.20. The van der Waals surface area contributed by atoms with E-state index < -0.39 is 24.3 Å². The van der Waals surface area contributed by atoms with Gasteiger partial charge < -0.3 is 9.15 Å². The average molecular weight is 469 g/mol.